The maximum absolute atomic E-state index is 10.3. The highest BCUT2D eigenvalue weighted by atomic mass is 16.7. The maximum Gasteiger partial charge on any atom is 0.513 e. The summed E-state index contributed by atoms with van der Waals surface area (Å²) in [6, 6.07) is 0. The Morgan fingerprint density at radius 3 is 2.00 bits per heavy atom. The first-order chi connectivity index (χ1) is 5.02. The van der Waals surface area contributed by atoms with E-state index in [9.17, 15) is 14.4 Å². The van der Waals surface area contributed by atoms with E-state index in [0.717, 1.165) is 0 Å². The molecule has 0 bridgehead atoms. The summed E-state index contributed by atoms with van der Waals surface area (Å²) >= 11 is 0. The molecule has 0 aliphatic carbocycles. The van der Waals surface area contributed by atoms with Gasteiger partial charge >= 0.3 is 18.1 Å². The highest BCUT2D eigenvalue weighted by Gasteiger charge is 2.09. The van der Waals surface area contributed by atoms with Crippen LogP contribution in [0.5, 0.6) is 0 Å². The molecule has 11 heavy (non-hydrogen) atoms. The van der Waals surface area contributed by atoms with Crippen molar-refractivity contribution < 1.29 is 29.3 Å². The minimum absolute atomic E-state index is 0.424. The SMILES string of the molecule is O=C(O)CCC(=O)OC(=O)O. The summed E-state index contributed by atoms with van der Waals surface area (Å²) in [7, 11) is 0. The van der Waals surface area contributed by atoms with Gasteiger partial charge in [-0.3, -0.25) is 9.59 Å². The van der Waals surface area contributed by atoms with Gasteiger partial charge in [-0.25, -0.2) is 4.79 Å². The molecule has 0 radical (unpaired) electrons. The lowest BCUT2D eigenvalue weighted by molar-refractivity contribution is -0.144. The fourth-order valence-corrected chi connectivity index (χ4v) is 0.357. The molecular formula is C5H6O6. The van der Waals surface area contributed by atoms with Crippen molar-refractivity contribution >= 4 is 18.1 Å². The quantitative estimate of drug-likeness (QED) is 0.449. The molecule has 0 heterocycles. The van der Waals surface area contributed by atoms with Crippen LogP contribution >= 0.6 is 0 Å². The van der Waals surface area contributed by atoms with Gasteiger partial charge in [0.05, 0.1) is 12.8 Å². The van der Waals surface area contributed by atoms with Crippen LogP contribution in [0.15, 0.2) is 0 Å². The van der Waals surface area contributed by atoms with Gasteiger partial charge in [-0.15, -0.1) is 0 Å². The lowest BCUT2D eigenvalue weighted by atomic mass is 10.3. The summed E-state index contributed by atoms with van der Waals surface area (Å²) in [5, 5.41) is 15.9. The smallest absolute Gasteiger partial charge is 0.481 e. The molecule has 0 spiro atoms. The molecule has 0 saturated heterocycles. The van der Waals surface area contributed by atoms with E-state index < -0.39 is 30.9 Å². The average molecular weight is 162 g/mol. The van der Waals surface area contributed by atoms with E-state index in [0.29, 0.717) is 0 Å². The molecule has 6 heteroatoms. The molecule has 0 aromatic heterocycles. The molecule has 2 N–H and O–H groups in total. The van der Waals surface area contributed by atoms with Gasteiger partial charge in [-0.1, -0.05) is 0 Å². The Morgan fingerprint density at radius 1 is 1.09 bits per heavy atom. The fraction of sp³-hybridized carbons (Fsp3) is 0.400. The van der Waals surface area contributed by atoms with E-state index in [-0.39, 0.29) is 0 Å². The number of carbonyl (C=O) groups is 3. The number of hydrogen-bond donors (Lipinski definition) is 2. The molecule has 0 atom stereocenters. The fourth-order valence-electron chi connectivity index (χ4n) is 0.357. The van der Waals surface area contributed by atoms with Crippen LogP contribution in [0.2, 0.25) is 0 Å². The van der Waals surface area contributed by atoms with Crippen molar-refractivity contribution in [2.75, 3.05) is 0 Å². The lowest BCUT2D eigenvalue weighted by Crippen LogP contribution is -2.11. The number of aliphatic carboxylic acids is 1. The summed E-state index contributed by atoms with van der Waals surface area (Å²) < 4.78 is 3.62. The number of esters is 1. The van der Waals surface area contributed by atoms with E-state index in [2.05, 4.69) is 4.74 Å². The number of hydrogen-bond acceptors (Lipinski definition) is 4. The van der Waals surface area contributed by atoms with Gasteiger partial charge in [0, 0.05) is 0 Å². The molecule has 0 aliphatic rings. The van der Waals surface area contributed by atoms with Crippen LogP contribution in [-0.2, 0) is 14.3 Å². The number of rotatable bonds is 3. The first-order valence-electron chi connectivity index (χ1n) is 2.67. The van der Waals surface area contributed by atoms with Crippen LogP contribution in [0.25, 0.3) is 0 Å². The standard InChI is InChI=1S/C5H6O6/c6-3(7)1-2-4(8)11-5(9)10/h1-2H2,(H,6,7)(H,9,10). The van der Waals surface area contributed by atoms with Crippen molar-refractivity contribution in [3.8, 4) is 0 Å². The number of ether oxygens (including phenoxy) is 1. The van der Waals surface area contributed by atoms with Crippen molar-refractivity contribution in [1.82, 2.24) is 0 Å². The van der Waals surface area contributed by atoms with Crippen LogP contribution in [0.3, 0.4) is 0 Å². The number of carboxylic acids is 1. The second-order valence-electron chi connectivity index (χ2n) is 1.63. The van der Waals surface area contributed by atoms with Crippen LogP contribution < -0.4 is 0 Å². The molecule has 0 aromatic rings. The third-order valence-electron chi connectivity index (χ3n) is 0.744. The van der Waals surface area contributed by atoms with Crippen LogP contribution in [0.4, 0.5) is 4.79 Å². The van der Waals surface area contributed by atoms with Crippen molar-refractivity contribution in [3.63, 3.8) is 0 Å². The first-order valence-corrected chi connectivity index (χ1v) is 2.67. The Kier molecular flexibility index (Phi) is 3.65. The minimum Gasteiger partial charge on any atom is -0.481 e. The van der Waals surface area contributed by atoms with Gasteiger partial charge in [-0.2, -0.15) is 0 Å². The third-order valence-corrected chi connectivity index (χ3v) is 0.744. The summed E-state index contributed by atoms with van der Waals surface area (Å²) in [5.41, 5.74) is 0. The highest BCUT2D eigenvalue weighted by Crippen LogP contribution is 1.92. The van der Waals surface area contributed by atoms with Gasteiger partial charge < -0.3 is 14.9 Å². The molecule has 62 valence electrons. The molecule has 0 amide bonds. The average Bonchev–Trinajstić information content (AvgIpc) is 1.82. The zero-order valence-electron chi connectivity index (χ0n) is 5.44. The molecule has 0 fully saturated rings. The number of carboxylic acid groups (broad SMARTS) is 2. The zero-order valence-corrected chi connectivity index (χ0v) is 5.44. The van der Waals surface area contributed by atoms with Crippen molar-refractivity contribution in [3.05, 3.63) is 0 Å². The Hall–Kier alpha value is -1.59. The number of carbonyl (C=O) groups excluding carboxylic acids is 1. The highest BCUT2D eigenvalue weighted by molar-refractivity contribution is 5.83. The van der Waals surface area contributed by atoms with E-state index >= 15 is 0 Å². The summed E-state index contributed by atoms with van der Waals surface area (Å²) in [6.07, 6.45) is -2.58. The lowest BCUT2D eigenvalue weighted by Gasteiger charge is -1.94. The normalized spacial score (nSPS) is 8.73. The van der Waals surface area contributed by atoms with E-state index in [1.807, 2.05) is 0 Å². The van der Waals surface area contributed by atoms with Gasteiger partial charge in [0.2, 0.25) is 0 Å². The summed E-state index contributed by atoms with van der Waals surface area (Å²) in [6.45, 7) is 0. The Bertz CT molecular complexity index is 183. The summed E-state index contributed by atoms with van der Waals surface area (Å²) in [4.78, 5) is 29.8. The van der Waals surface area contributed by atoms with Crippen LogP contribution in [-0.4, -0.2) is 28.3 Å². The maximum atomic E-state index is 10.3. The predicted molar refractivity (Wildman–Crippen MR) is 31.0 cm³/mol. The van der Waals surface area contributed by atoms with Crippen molar-refractivity contribution in [1.29, 1.82) is 0 Å². The predicted octanol–water partition coefficient (Wildman–Crippen LogP) is 0.0724. The van der Waals surface area contributed by atoms with Crippen molar-refractivity contribution in [2.24, 2.45) is 0 Å². The minimum atomic E-state index is -1.72. The van der Waals surface area contributed by atoms with E-state index in [1.165, 1.54) is 0 Å². The molecule has 0 rings (SSSR count). The van der Waals surface area contributed by atoms with Gasteiger partial charge in [0.1, 0.15) is 0 Å². The Balaban J connectivity index is 3.53. The molecular weight excluding hydrogens is 156 g/mol. The second-order valence-corrected chi connectivity index (χ2v) is 1.63. The zero-order chi connectivity index (χ0) is 8.85. The largest absolute Gasteiger partial charge is 0.513 e. The van der Waals surface area contributed by atoms with Gasteiger partial charge in [-0.05, 0) is 0 Å². The molecule has 0 aliphatic heterocycles. The van der Waals surface area contributed by atoms with Crippen LogP contribution in [0.1, 0.15) is 12.8 Å². The monoisotopic (exact) mass is 162 g/mol. The first kappa shape index (κ1) is 9.41. The van der Waals surface area contributed by atoms with Crippen LogP contribution in [0, 0.1) is 0 Å². The second kappa shape index (κ2) is 4.26. The molecule has 0 aromatic carbocycles. The van der Waals surface area contributed by atoms with Gasteiger partial charge in [0.25, 0.3) is 0 Å². The van der Waals surface area contributed by atoms with E-state index in [1.54, 1.807) is 0 Å². The Morgan fingerprint density at radius 2 is 1.64 bits per heavy atom. The summed E-state index contributed by atoms with van der Waals surface area (Å²) in [5.74, 6) is -2.23. The Labute approximate surface area is 61.4 Å². The topological polar surface area (TPSA) is 101 Å². The van der Waals surface area contributed by atoms with Gasteiger partial charge in [0.15, 0.2) is 0 Å². The van der Waals surface area contributed by atoms with E-state index in [4.69, 9.17) is 10.2 Å². The molecule has 0 saturated carbocycles. The molecule has 0 unspecified atom stereocenters. The molecule has 6 nitrogen and oxygen atoms in total. The van der Waals surface area contributed by atoms with Crippen molar-refractivity contribution in [2.45, 2.75) is 12.8 Å². The third kappa shape index (κ3) is 6.29.